The van der Waals surface area contributed by atoms with Gasteiger partial charge in [-0.25, -0.2) is 9.78 Å². The van der Waals surface area contributed by atoms with Crippen molar-refractivity contribution in [2.45, 2.75) is 37.1 Å². The van der Waals surface area contributed by atoms with Crippen LogP contribution >= 0.6 is 0 Å². The van der Waals surface area contributed by atoms with Gasteiger partial charge in [0, 0.05) is 36.4 Å². The van der Waals surface area contributed by atoms with E-state index in [1.165, 1.54) is 11.1 Å². The lowest BCUT2D eigenvalue weighted by atomic mass is 9.74. The Labute approximate surface area is 176 Å². The molecule has 3 aliphatic rings. The molecule has 1 aromatic heterocycles. The summed E-state index contributed by atoms with van der Waals surface area (Å²) in [7, 11) is 0. The standard InChI is InChI=1S/C24H27N3O3/c25-22-20(23(28)29)14-18(15-26-22)16-1-2-21-17(13-16)3-6-24(21)7-9-27(10-8-24)19-4-11-30-12-5-19/h1-3,6,13-15,19H,4-5,7-12H2,(H2,25,26)(H,28,29). The van der Waals surface area contributed by atoms with Crippen molar-refractivity contribution in [2.75, 3.05) is 32.0 Å². The van der Waals surface area contributed by atoms with E-state index in [9.17, 15) is 9.90 Å². The molecule has 3 N–H and O–H groups in total. The van der Waals surface area contributed by atoms with E-state index >= 15 is 0 Å². The molecular weight excluding hydrogens is 378 g/mol. The molecule has 2 aliphatic heterocycles. The number of likely N-dealkylation sites (tertiary alicyclic amines) is 1. The Morgan fingerprint density at radius 2 is 1.93 bits per heavy atom. The second kappa shape index (κ2) is 7.52. The van der Waals surface area contributed by atoms with E-state index in [0.29, 0.717) is 6.04 Å². The summed E-state index contributed by atoms with van der Waals surface area (Å²) in [5.41, 5.74) is 10.2. The minimum atomic E-state index is -1.06. The summed E-state index contributed by atoms with van der Waals surface area (Å²) in [6, 6.07) is 8.71. The van der Waals surface area contributed by atoms with Crippen molar-refractivity contribution < 1.29 is 14.6 Å². The number of benzene rings is 1. The van der Waals surface area contributed by atoms with Crippen molar-refractivity contribution in [3.8, 4) is 11.1 Å². The zero-order valence-electron chi connectivity index (χ0n) is 17.0. The van der Waals surface area contributed by atoms with Crippen LogP contribution in [-0.2, 0) is 10.2 Å². The Hall–Kier alpha value is -2.70. The SMILES string of the molecule is Nc1ncc(-c2ccc3c(c2)C=CC32CCN(C3CCOCC3)CC2)cc1C(=O)O. The Morgan fingerprint density at radius 3 is 2.67 bits per heavy atom. The summed E-state index contributed by atoms with van der Waals surface area (Å²) < 4.78 is 5.52. The highest BCUT2D eigenvalue weighted by molar-refractivity contribution is 5.94. The Morgan fingerprint density at radius 1 is 1.17 bits per heavy atom. The Balaban J connectivity index is 1.37. The van der Waals surface area contributed by atoms with Gasteiger partial charge in [0.25, 0.3) is 0 Å². The van der Waals surface area contributed by atoms with E-state index in [4.69, 9.17) is 10.5 Å². The summed E-state index contributed by atoms with van der Waals surface area (Å²) in [5, 5.41) is 9.33. The smallest absolute Gasteiger partial charge is 0.339 e. The molecule has 6 nitrogen and oxygen atoms in total. The van der Waals surface area contributed by atoms with Crippen LogP contribution in [0.4, 0.5) is 5.82 Å². The molecule has 0 atom stereocenters. The lowest BCUT2D eigenvalue weighted by molar-refractivity contribution is 0.0210. The van der Waals surface area contributed by atoms with Crippen LogP contribution in [0.15, 0.2) is 36.5 Å². The van der Waals surface area contributed by atoms with Crippen molar-refractivity contribution in [3.63, 3.8) is 0 Å². The molecule has 1 aliphatic carbocycles. The number of carbonyl (C=O) groups is 1. The average Bonchev–Trinajstić information content (AvgIpc) is 3.12. The third-order valence-electron chi connectivity index (χ3n) is 7.05. The van der Waals surface area contributed by atoms with E-state index in [2.05, 4.69) is 40.2 Å². The molecule has 1 spiro atoms. The Kier molecular flexibility index (Phi) is 4.83. The number of hydrogen-bond donors (Lipinski definition) is 2. The number of hydrogen-bond acceptors (Lipinski definition) is 5. The summed E-state index contributed by atoms with van der Waals surface area (Å²) in [5.74, 6) is -1.01. The molecule has 2 aromatic rings. The number of anilines is 1. The summed E-state index contributed by atoms with van der Waals surface area (Å²) in [6.07, 6.45) is 10.8. The second-order valence-corrected chi connectivity index (χ2v) is 8.63. The molecule has 0 unspecified atom stereocenters. The van der Waals surface area contributed by atoms with Crippen LogP contribution in [-0.4, -0.2) is 53.3 Å². The molecule has 2 fully saturated rings. The first-order chi connectivity index (χ1) is 14.6. The first kappa shape index (κ1) is 19.3. The minimum absolute atomic E-state index is 0.0421. The largest absolute Gasteiger partial charge is 0.478 e. The van der Waals surface area contributed by atoms with E-state index in [1.807, 2.05) is 0 Å². The maximum atomic E-state index is 11.4. The highest BCUT2D eigenvalue weighted by atomic mass is 16.5. The minimum Gasteiger partial charge on any atom is -0.478 e. The first-order valence-electron chi connectivity index (χ1n) is 10.7. The number of nitrogens with zero attached hydrogens (tertiary/aromatic N) is 2. The molecule has 0 saturated carbocycles. The van der Waals surface area contributed by atoms with Crippen LogP contribution in [0, 0.1) is 0 Å². The number of ether oxygens (including phenoxy) is 1. The van der Waals surface area contributed by atoms with Gasteiger partial charge in [-0.15, -0.1) is 0 Å². The van der Waals surface area contributed by atoms with E-state index in [-0.39, 0.29) is 16.8 Å². The summed E-state index contributed by atoms with van der Waals surface area (Å²) >= 11 is 0. The topological polar surface area (TPSA) is 88.7 Å². The number of carboxylic acids is 1. The molecule has 30 heavy (non-hydrogen) atoms. The van der Waals surface area contributed by atoms with Crippen LogP contribution in [0.2, 0.25) is 0 Å². The highest BCUT2D eigenvalue weighted by Gasteiger charge is 2.39. The molecule has 5 rings (SSSR count). The molecule has 2 saturated heterocycles. The number of aromatic carboxylic acids is 1. The van der Waals surface area contributed by atoms with Crippen molar-refractivity contribution in [1.82, 2.24) is 9.88 Å². The lowest BCUT2D eigenvalue weighted by Crippen LogP contribution is -2.47. The molecule has 0 amide bonds. The molecular formula is C24H27N3O3. The number of allylic oxidation sites excluding steroid dienone is 1. The van der Waals surface area contributed by atoms with Crippen LogP contribution in [0.25, 0.3) is 17.2 Å². The van der Waals surface area contributed by atoms with Crippen molar-refractivity contribution in [3.05, 3.63) is 53.2 Å². The fourth-order valence-electron chi connectivity index (χ4n) is 5.25. The second-order valence-electron chi connectivity index (χ2n) is 8.63. The molecule has 0 radical (unpaired) electrons. The van der Waals surface area contributed by atoms with Crippen LogP contribution in [0.1, 0.15) is 47.2 Å². The van der Waals surface area contributed by atoms with Gasteiger partial charge in [0.2, 0.25) is 0 Å². The van der Waals surface area contributed by atoms with Gasteiger partial charge in [0.05, 0.1) is 0 Å². The molecule has 1 aromatic carbocycles. The van der Waals surface area contributed by atoms with Crippen LogP contribution in [0.5, 0.6) is 0 Å². The number of fused-ring (bicyclic) bond motifs is 2. The van der Waals surface area contributed by atoms with Gasteiger partial charge in [-0.05, 0) is 67.6 Å². The third kappa shape index (κ3) is 3.30. The van der Waals surface area contributed by atoms with Gasteiger partial charge in [-0.2, -0.15) is 0 Å². The summed E-state index contributed by atoms with van der Waals surface area (Å²) in [4.78, 5) is 18.1. The number of rotatable bonds is 3. The molecule has 156 valence electrons. The summed E-state index contributed by atoms with van der Waals surface area (Å²) in [6.45, 7) is 4.03. The van der Waals surface area contributed by atoms with Gasteiger partial charge in [-0.1, -0.05) is 24.3 Å². The van der Waals surface area contributed by atoms with Gasteiger partial charge >= 0.3 is 5.97 Å². The maximum absolute atomic E-state index is 11.4. The fraction of sp³-hybridized carbons (Fsp3) is 0.417. The maximum Gasteiger partial charge on any atom is 0.339 e. The fourth-order valence-corrected chi connectivity index (χ4v) is 5.25. The van der Waals surface area contributed by atoms with Gasteiger partial charge in [0.15, 0.2) is 0 Å². The highest BCUT2D eigenvalue weighted by Crippen LogP contribution is 2.45. The molecule has 6 heteroatoms. The molecule has 0 bridgehead atoms. The van der Waals surface area contributed by atoms with E-state index in [0.717, 1.165) is 63.1 Å². The predicted molar refractivity (Wildman–Crippen MR) is 116 cm³/mol. The predicted octanol–water partition coefficient (Wildman–Crippen LogP) is 3.57. The number of carboxylic acid groups (broad SMARTS) is 1. The lowest BCUT2D eigenvalue weighted by Gasteiger charge is -2.43. The average molecular weight is 405 g/mol. The van der Waals surface area contributed by atoms with Crippen molar-refractivity contribution in [1.29, 1.82) is 0 Å². The first-order valence-corrected chi connectivity index (χ1v) is 10.7. The monoisotopic (exact) mass is 405 g/mol. The van der Waals surface area contributed by atoms with Gasteiger partial charge in [-0.3, -0.25) is 0 Å². The van der Waals surface area contributed by atoms with Crippen LogP contribution < -0.4 is 5.73 Å². The van der Waals surface area contributed by atoms with E-state index in [1.54, 1.807) is 12.3 Å². The molecule has 3 heterocycles. The zero-order valence-corrected chi connectivity index (χ0v) is 17.0. The van der Waals surface area contributed by atoms with Crippen molar-refractivity contribution in [2.24, 2.45) is 0 Å². The van der Waals surface area contributed by atoms with Gasteiger partial charge < -0.3 is 20.5 Å². The van der Waals surface area contributed by atoms with E-state index < -0.39 is 5.97 Å². The third-order valence-corrected chi connectivity index (χ3v) is 7.05. The number of pyridine rings is 1. The number of piperidine rings is 1. The van der Waals surface area contributed by atoms with Crippen LogP contribution in [0.3, 0.4) is 0 Å². The number of nitrogen functional groups attached to an aromatic ring is 1. The normalized spacial score (nSPS) is 21.1. The van der Waals surface area contributed by atoms with Gasteiger partial charge in [0.1, 0.15) is 11.4 Å². The quantitative estimate of drug-likeness (QED) is 0.812. The van der Waals surface area contributed by atoms with Crippen molar-refractivity contribution >= 4 is 17.9 Å². The number of nitrogens with two attached hydrogens (primary N) is 1. The zero-order chi connectivity index (χ0) is 20.7. The Bertz CT molecular complexity index is 1000. The number of aromatic nitrogens is 1.